The zero-order valence-electron chi connectivity index (χ0n) is 8.42. The highest BCUT2D eigenvalue weighted by molar-refractivity contribution is 9.10. The van der Waals surface area contributed by atoms with E-state index in [2.05, 4.69) is 15.9 Å². The fourth-order valence-electron chi connectivity index (χ4n) is 2.28. The van der Waals surface area contributed by atoms with Crippen LogP contribution < -0.4 is 0 Å². The van der Waals surface area contributed by atoms with Gasteiger partial charge in [-0.25, -0.2) is 4.39 Å². The van der Waals surface area contributed by atoms with Gasteiger partial charge in [0.05, 0.1) is 6.10 Å². The predicted molar refractivity (Wildman–Crippen MR) is 61.3 cm³/mol. The molecule has 1 aromatic rings. The molecule has 0 saturated heterocycles. The fraction of sp³-hybridized carbons (Fsp3) is 0.500. The Morgan fingerprint density at radius 2 is 2.00 bits per heavy atom. The summed E-state index contributed by atoms with van der Waals surface area (Å²) >= 11 is 3.23. The number of hydrogen-bond donors (Lipinski definition) is 1. The normalized spacial score (nSPS) is 26.6. The van der Waals surface area contributed by atoms with Crippen molar-refractivity contribution in [2.45, 2.75) is 37.7 Å². The van der Waals surface area contributed by atoms with Gasteiger partial charge in [-0.3, -0.25) is 0 Å². The molecule has 0 heterocycles. The Bertz CT molecular complexity index is 353. The average molecular weight is 273 g/mol. The van der Waals surface area contributed by atoms with Crippen LogP contribution in [0.1, 0.15) is 37.2 Å². The molecule has 2 rings (SSSR count). The van der Waals surface area contributed by atoms with Gasteiger partial charge < -0.3 is 5.11 Å². The Hall–Kier alpha value is -0.410. The fourth-order valence-corrected chi connectivity index (χ4v) is 2.61. The molecule has 0 radical (unpaired) electrons. The molecular formula is C12H14BrFO. The second kappa shape index (κ2) is 4.62. The summed E-state index contributed by atoms with van der Waals surface area (Å²) in [5.74, 6) is -0.234. The van der Waals surface area contributed by atoms with Gasteiger partial charge in [-0.1, -0.05) is 34.8 Å². The first-order valence-corrected chi connectivity index (χ1v) is 6.11. The summed E-state index contributed by atoms with van der Waals surface area (Å²) < 4.78 is 14.4. The maximum absolute atomic E-state index is 13.7. The summed E-state index contributed by atoms with van der Waals surface area (Å²) in [5.41, 5.74) is 0.658. The van der Waals surface area contributed by atoms with E-state index in [4.69, 9.17) is 0 Å². The number of rotatable bonds is 1. The Kier molecular flexibility index (Phi) is 3.42. The van der Waals surface area contributed by atoms with Crippen molar-refractivity contribution in [3.8, 4) is 0 Å². The number of halogens is 2. The highest BCUT2D eigenvalue weighted by atomic mass is 79.9. The second-order valence-electron chi connectivity index (χ2n) is 4.12. The lowest BCUT2D eigenvalue weighted by molar-refractivity contribution is 0.104. The number of aliphatic hydroxyl groups excluding tert-OH is 1. The molecule has 1 nitrogen and oxygen atoms in total. The topological polar surface area (TPSA) is 20.2 Å². The third-order valence-corrected chi connectivity index (χ3v) is 3.58. The van der Waals surface area contributed by atoms with E-state index in [1.165, 1.54) is 6.07 Å². The van der Waals surface area contributed by atoms with Crippen LogP contribution in [0.5, 0.6) is 0 Å². The molecule has 1 N–H and O–H groups in total. The summed E-state index contributed by atoms with van der Waals surface area (Å²) in [6, 6.07) is 5.08. The van der Waals surface area contributed by atoms with E-state index < -0.39 is 0 Å². The van der Waals surface area contributed by atoms with Gasteiger partial charge in [0.15, 0.2) is 0 Å². The van der Waals surface area contributed by atoms with E-state index in [0.29, 0.717) is 5.56 Å². The van der Waals surface area contributed by atoms with Gasteiger partial charge in [-0.2, -0.15) is 0 Å². The van der Waals surface area contributed by atoms with Gasteiger partial charge in [0, 0.05) is 10.4 Å². The van der Waals surface area contributed by atoms with E-state index in [-0.39, 0.29) is 17.8 Å². The first-order chi connectivity index (χ1) is 7.18. The number of aliphatic hydroxyl groups is 1. The zero-order chi connectivity index (χ0) is 10.8. The molecule has 1 aliphatic rings. The molecule has 0 aliphatic heterocycles. The SMILES string of the molecule is O[C@H]1CCCCC1c1ccc(Br)cc1F. The van der Waals surface area contributed by atoms with Gasteiger partial charge in [-0.05, 0) is 30.5 Å². The standard InChI is InChI=1S/C12H14BrFO/c13-8-5-6-9(11(14)7-8)10-3-1-2-4-12(10)15/h5-7,10,12,15H,1-4H2/t10?,12-/m0/s1. The van der Waals surface area contributed by atoms with Gasteiger partial charge in [0.25, 0.3) is 0 Å². The second-order valence-corrected chi connectivity index (χ2v) is 5.04. The molecule has 3 heteroatoms. The molecule has 15 heavy (non-hydrogen) atoms. The molecule has 82 valence electrons. The van der Waals surface area contributed by atoms with Crippen LogP contribution in [0.15, 0.2) is 22.7 Å². The van der Waals surface area contributed by atoms with Crippen LogP contribution in [-0.2, 0) is 0 Å². The Morgan fingerprint density at radius 1 is 1.27 bits per heavy atom. The molecule has 1 saturated carbocycles. The quantitative estimate of drug-likeness (QED) is 0.828. The van der Waals surface area contributed by atoms with Crippen molar-refractivity contribution in [3.05, 3.63) is 34.1 Å². The van der Waals surface area contributed by atoms with Crippen molar-refractivity contribution in [1.29, 1.82) is 0 Å². The number of hydrogen-bond acceptors (Lipinski definition) is 1. The van der Waals surface area contributed by atoms with Crippen molar-refractivity contribution in [3.63, 3.8) is 0 Å². The monoisotopic (exact) mass is 272 g/mol. The summed E-state index contributed by atoms with van der Waals surface area (Å²) in [7, 11) is 0. The molecule has 1 aromatic carbocycles. The van der Waals surface area contributed by atoms with Crippen molar-refractivity contribution >= 4 is 15.9 Å². The van der Waals surface area contributed by atoms with Crippen LogP contribution in [0.25, 0.3) is 0 Å². The number of benzene rings is 1. The van der Waals surface area contributed by atoms with E-state index in [1.807, 2.05) is 6.07 Å². The minimum atomic E-state index is -0.380. The molecule has 1 fully saturated rings. The molecule has 0 aromatic heterocycles. The average Bonchev–Trinajstić information content (AvgIpc) is 2.20. The van der Waals surface area contributed by atoms with Crippen molar-refractivity contribution in [2.24, 2.45) is 0 Å². The minimum absolute atomic E-state index is 0.0214. The lowest BCUT2D eigenvalue weighted by Crippen LogP contribution is -2.23. The largest absolute Gasteiger partial charge is 0.392 e. The van der Waals surface area contributed by atoms with Crippen molar-refractivity contribution in [2.75, 3.05) is 0 Å². The van der Waals surface area contributed by atoms with Crippen LogP contribution >= 0.6 is 15.9 Å². The lowest BCUT2D eigenvalue weighted by Gasteiger charge is -2.28. The first kappa shape index (κ1) is 11.1. The Balaban J connectivity index is 2.27. The van der Waals surface area contributed by atoms with Crippen LogP contribution in [-0.4, -0.2) is 11.2 Å². The van der Waals surface area contributed by atoms with Gasteiger partial charge in [-0.15, -0.1) is 0 Å². The maximum atomic E-state index is 13.7. The molecule has 1 aliphatic carbocycles. The van der Waals surface area contributed by atoms with Gasteiger partial charge in [0.1, 0.15) is 5.82 Å². The highest BCUT2D eigenvalue weighted by Crippen LogP contribution is 2.34. The van der Waals surface area contributed by atoms with Crippen LogP contribution in [0.2, 0.25) is 0 Å². The van der Waals surface area contributed by atoms with Crippen molar-refractivity contribution in [1.82, 2.24) is 0 Å². The van der Waals surface area contributed by atoms with E-state index in [0.717, 1.165) is 30.2 Å². The third-order valence-electron chi connectivity index (χ3n) is 3.09. The molecule has 2 atom stereocenters. The van der Waals surface area contributed by atoms with Gasteiger partial charge >= 0.3 is 0 Å². The smallest absolute Gasteiger partial charge is 0.127 e. The molecular weight excluding hydrogens is 259 g/mol. The van der Waals surface area contributed by atoms with Gasteiger partial charge in [0.2, 0.25) is 0 Å². The highest BCUT2D eigenvalue weighted by Gasteiger charge is 2.26. The summed E-state index contributed by atoms with van der Waals surface area (Å²) in [6.07, 6.45) is 3.43. The van der Waals surface area contributed by atoms with E-state index >= 15 is 0 Å². The Morgan fingerprint density at radius 3 is 2.67 bits per heavy atom. The summed E-state index contributed by atoms with van der Waals surface area (Å²) in [6.45, 7) is 0. The van der Waals surface area contributed by atoms with Crippen LogP contribution in [0.3, 0.4) is 0 Å². The predicted octanol–water partition coefficient (Wildman–Crippen LogP) is 3.61. The third kappa shape index (κ3) is 2.40. The lowest BCUT2D eigenvalue weighted by atomic mass is 9.81. The Labute approximate surface area is 97.4 Å². The van der Waals surface area contributed by atoms with Crippen LogP contribution in [0.4, 0.5) is 4.39 Å². The van der Waals surface area contributed by atoms with E-state index in [1.54, 1.807) is 6.07 Å². The molecule has 0 spiro atoms. The minimum Gasteiger partial charge on any atom is -0.392 e. The molecule has 0 bridgehead atoms. The van der Waals surface area contributed by atoms with Crippen molar-refractivity contribution < 1.29 is 9.50 Å². The molecule has 0 amide bonds. The summed E-state index contributed by atoms with van der Waals surface area (Å²) in [4.78, 5) is 0. The van der Waals surface area contributed by atoms with E-state index in [9.17, 15) is 9.50 Å². The molecule has 1 unspecified atom stereocenters. The zero-order valence-corrected chi connectivity index (χ0v) is 10.0. The first-order valence-electron chi connectivity index (χ1n) is 5.31. The summed E-state index contributed by atoms with van der Waals surface area (Å²) in [5, 5.41) is 9.84. The van der Waals surface area contributed by atoms with Crippen LogP contribution in [0, 0.1) is 5.82 Å². The maximum Gasteiger partial charge on any atom is 0.127 e.